The predicted octanol–water partition coefficient (Wildman–Crippen LogP) is 1.47. The first-order chi connectivity index (χ1) is 10.6. The van der Waals surface area contributed by atoms with Crippen molar-refractivity contribution in [1.82, 2.24) is 9.88 Å². The third-order valence-electron chi connectivity index (χ3n) is 4.64. The summed E-state index contributed by atoms with van der Waals surface area (Å²) in [6.45, 7) is 4.68. The van der Waals surface area contributed by atoms with Crippen molar-refractivity contribution in [2.45, 2.75) is 19.8 Å². The molecule has 2 fully saturated rings. The first-order valence-electron chi connectivity index (χ1n) is 7.79. The summed E-state index contributed by atoms with van der Waals surface area (Å²) >= 11 is 0. The summed E-state index contributed by atoms with van der Waals surface area (Å²) in [7, 11) is 0. The molecular weight excluding hydrogens is 282 g/mol. The van der Waals surface area contributed by atoms with Crippen LogP contribution < -0.4 is 4.90 Å². The van der Waals surface area contributed by atoms with Gasteiger partial charge >= 0.3 is 5.97 Å². The van der Waals surface area contributed by atoms with Crippen molar-refractivity contribution in [2.75, 3.05) is 31.1 Å². The van der Waals surface area contributed by atoms with Crippen LogP contribution in [0, 0.1) is 11.8 Å². The number of anilines is 1. The number of carbonyl (C=O) groups excluding carboxylic acids is 1. The van der Waals surface area contributed by atoms with Crippen molar-refractivity contribution in [2.24, 2.45) is 11.8 Å². The second kappa shape index (κ2) is 5.94. The zero-order valence-electron chi connectivity index (χ0n) is 12.7. The van der Waals surface area contributed by atoms with Gasteiger partial charge in [-0.15, -0.1) is 0 Å². The molecule has 0 saturated carbocycles. The number of aromatic nitrogens is 1. The highest BCUT2D eigenvalue weighted by Gasteiger charge is 2.37. The van der Waals surface area contributed by atoms with Crippen LogP contribution >= 0.6 is 0 Å². The lowest BCUT2D eigenvalue weighted by Gasteiger charge is -2.18. The Balaban J connectivity index is 1.69. The maximum Gasteiger partial charge on any atom is 0.308 e. The molecule has 3 heterocycles. The van der Waals surface area contributed by atoms with Crippen LogP contribution in [0.4, 0.5) is 5.82 Å². The van der Waals surface area contributed by atoms with E-state index in [2.05, 4.69) is 9.88 Å². The van der Waals surface area contributed by atoms with Crippen LogP contribution in [0.25, 0.3) is 0 Å². The second-order valence-corrected chi connectivity index (χ2v) is 6.23. The monoisotopic (exact) mass is 303 g/mol. The highest BCUT2D eigenvalue weighted by Crippen LogP contribution is 2.25. The largest absolute Gasteiger partial charge is 0.481 e. The smallest absolute Gasteiger partial charge is 0.308 e. The number of carbonyl (C=O) groups is 2. The van der Waals surface area contributed by atoms with E-state index in [-0.39, 0.29) is 18.4 Å². The lowest BCUT2D eigenvalue weighted by molar-refractivity contribution is -0.142. The quantitative estimate of drug-likeness (QED) is 0.915. The molecule has 2 atom stereocenters. The molecule has 0 aromatic carbocycles. The van der Waals surface area contributed by atoms with Gasteiger partial charge in [-0.1, -0.05) is 6.92 Å². The molecule has 1 amide bonds. The lowest BCUT2D eigenvalue weighted by Crippen LogP contribution is -2.30. The Morgan fingerprint density at radius 2 is 1.95 bits per heavy atom. The minimum atomic E-state index is -0.828. The topological polar surface area (TPSA) is 73.7 Å². The first-order valence-corrected chi connectivity index (χ1v) is 7.79. The predicted molar refractivity (Wildman–Crippen MR) is 81.9 cm³/mol. The summed E-state index contributed by atoms with van der Waals surface area (Å²) in [5.41, 5.74) is 0.529. The molecule has 118 valence electrons. The van der Waals surface area contributed by atoms with Crippen LogP contribution in [-0.4, -0.2) is 53.0 Å². The molecule has 0 spiro atoms. The van der Waals surface area contributed by atoms with Crippen LogP contribution in [-0.2, 0) is 4.79 Å². The van der Waals surface area contributed by atoms with Crippen LogP contribution in [0.2, 0.25) is 0 Å². The molecule has 6 nitrogen and oxygen atoms in total. The zero-order valence-corrected chi connectivity index (χ0v) is 12.7. The van der Waals surface area contributed by atoms with Crippen LogP contribution in [0.3, 0.4) is 0 Å². The molecule has 6 heteroatoms. The molecule has 2 aliphatic heterocycles. The normalized spacial score (nSPS) is 24.8. The Kier molecular flexibility index (Phi) is 4.00. The Morgan fingerprint density at radius 1 is 1.23 bits per heavy atom. The van der Waals surface area contributed by atoms with Crippen molar-refractivity contribution >= 4 is 17.7 Å². The average Bonchev–Trinajstić information content (AvgIpc) is 3.16. The van der Waals surface area contributed by atoms with Gasteiger partial charge in [0.2, 0.25) is 0 Å². The minimum Gasteiger partial charge on any atom is -0.481 e. The number of aliphatic carboxylic acids is 1. The van der Waals surface area contributed by atoms with Gasteiger partial charge in [-0.2, -0.15) is 0 Å². The van der Waals surface area contributed by atoms with Crippen molar-refractivity contribution in [3.63, 3.8) is 0 Å². The Labute approximate surface area is 129 Å². The zero-order chi connectivity index (χ0) is 15.7. The van der Waals surface area contributed by atoms with Gasteiger partial charge < -0.3 is 14.9 Å². The number of carboxylic acid groups (broad SMARTS) is 1. The molecule has 1 aromatic heterocycles. The molecule has 1 aromatic rings. The molecule has 2 saturated heterocycles. The van der Waals surface area contributed by atoms with Crippen molar-refractivity contribution in [1.29, 1.82) is 0 Å². The molecule has 0 aliphatic carbocycles. The molecule has 1 N–H and O–H groups in total. The number of hydrogen-bond donors (Lipinski definition) is 1. The van der Waals surface area contributed by atoms with E-state index >= 15 is 0 Å². The second-order valence-electron chi connectivity index (χ2n) is 6.23. The molecule has 22 heavy (non-hydrogen) atoms. The van der Waals surface area contributed by atoms with E-state index in [0.717, 1.165) is 18.9 Å². The molecule has 3 rings (SSSR count). The molecule has 0 unspecified atom stereocenters. The van der Waals surface area contributed by atoms with Gasteiger partial charge in [-0.25, -0.2) is 4.98 Å². The van der Waals surface area contributed by atoms with Crippen LogP contribution in [0.5, 0.6) is 0 Å². The van der Waals surface area contributed by atoms with E-state index in [1.54, 1.807) is 17.2 Å². The van der Waals surface area contributed by atoms with Gasteiger partial charge in [0.05, 0.1) is 11.5 Å². The summed E-state index contributed by atoms with van der Waals surface area (Å²) in [6, 6.07) is 3.68. The fourth-order valence-corrected chi connectivity index (χ4v) is 3.28. The summed E-state index contributed by atoms with van der Waals surface area (Å²) in [5.74, 6) is -0.535. The average molecular weight is 303 g/mol. The van der Waals surface area contributed by atoms with E-state index in [9.17, 15) is 9.59 Å². The molecule has 0 radical (unpaired) electrons. The third kappa shape index (κ3) is 2.77. The first kappa shape index (κ1) is 14.8. The summed E-state index contributed by atoms with van der Waals surface area (Å²) in [6.07, 6.45) is 3.98. The van der Waals surface area contributed by atoms with Gasteiger partial charge in [0.25, 0.3) is 5.91 Å². The highest BCUT2D eigenvalue weighted by atomic mass is 16.4. The molecule has 0 bridgehead atoms. The third-order valence-corrected chi connectivity index (χ3v) is 4.64. The SMILES string of the molecule is C[C@@H]1CN(C(=O)c2ccc(N3CCCC3)nc2)C[C@H]1C(=O)O. The van der Waals surface area contributed by atoms with Gasteiger partial charge in [0.15, 0.2) is 0 Å². The summed E-state index contributed by atoms with van der Waals surface area (Å²) < 4.78 is 0. The molecular formula is C16H21N3O3. The number of amides is 1. The van der Waals surface area contributed by atoms with Crippen LogP contribution in [0.1, 0.15) is 30.1 Å². The van der Waals surface area contributed by atoms with E-state index in [4.69, 9.17) is 5.11 Å². The highest BCUT2D eigenvalue weighted by molar-refractivity contribution is 5.94. The Hall–Kier alpha value is -2.11. The van der Waals surface area contributed by atoms with Crippen molar-refractivity contribution in [3.8, 4) is 0 Å². The van der Waals surface area contributed by atoms with Gasteiger partial charge in [-0.3, -0.25) is 9.59 Å². The number of pyridine rings is 1. The Bertz CT molecular complexity index is 567. The van der Waals surface area contributed by atoms with Crippen molar-refractivity contribution < 1.29 is 14.7 Å². The lowest BCUT2D eigenvalue weighted by atomic mass is 9.99. The standard InChI is InChI=1S/C16H21N3O3/c1-11-9-19(10-13(11)16(21)22)15(20)12-4-5-14(17-8-12)18-6-2-3-7-18/h4-5,8,11,13H,2-3,6-7,9-10H2,1H3,(H,21,22)/t11-,13-/m1/s1. The fourth-order valence-electron chi connectivity index (χ4n) is 3.28. The van der Waals surface area contributed by atoms with E-state index in [1.165, 1.54) is 12.8 Å². The number of carboxylic acids is 1. The summed E-state index contributed by atoms with van der Waals surface area (Å²) in [4.78, 5) is 31.8. The number of rotatable bonds is 3. The van der Waals surface area contributed by atoms with E-state index in [1.807, 2.05) is 13.0 Å². The van der Waals surface area contributed by atoms with Gasteiger partial charge in [0.1, 0.15) is 5.82 Å². The van der Waals surface area contributed by atoms with Crippen LogP contribution in [0.15, 0.2) is 18.3 Å². The van der Waals surface area contributed by atoms with Gasteiger partial charge in [0, 0.05) is 32.4 Å². The maximum absolute atomic E-state index is 12.5. The molecule has 2 aliphatic rings. The number of hydrogen-bond acceptors (Lipinski definition) is 4. The fraction of sp³-hybridized carbons (Fsp3) is 0.562. The minimum absolute atomic E-state index is 0.0155. The van der Waals surface area contributed by atoms with E-state index < -0.39 is 11.9 Å². The van der Waals surface area contributed by atoms with Gasteiger partial charge in [-0.05, 0) is 30.9 Å². The van der Waals surface area contributed by atoms with Crippen molar-refractivity contribution in [3.05, 3.63) is 23.9 Å². The number of nitrogens with zero attached hydrogens (tertiary/aromatic N) is 3. The summed E-state index contributed by atoms with van der Waals surface area (Å²) in [5, 5.41) is 9.16. The number of likely N-dealkylation sites (tertiary alicyclic amines) is 1. The maximum atomic E-state index is 12.5. The Morgan fingerprint density at radius 3 is 2.50 bits per heavy atom. The van der Waals surface area contributed by atoms with E-state index in [0.29, 0.717) is 12.1 Å².